The molecule has 0 aromatic heterocycles. The molecular weight excluding hydrogens is 378 g/mol. The number of esters is 1. The molecule has 30 heavy (non-hydrogen) atoms. The molecule has 0 spiro atoms. The molecule has 0 aliphatic heterocycles. The number of hydrogen-bond acceptors (Lipinski definition) is 5. The first-order chi connectivity index (χ1) is 14.5. The Morgan fingerprint density at radius 1 is 1.03 bits per heavy atom. The van der Waals surface area contributed by atoms with Gasteiger partial charge in [0, 0.05) is 13.0 Å². The smallest absolute Gasteiger partial charge is 0.306 e. The highest BCUT2D eigenvalue weighted by molar-refractivity contribution is 5.69. The first kappa shape index (κ1) is 23.7. The van der Waals surface area contributed by atoms with Gasteiger partial charge in [-0.15, -0.1) is 0 Å². The average Bonchev–Trinajstić information content (AvgIpc) is 2.75. The van der Waals surface area contributed by atoms with E-state index in [-0.39, 0.29) is 12.1 Å². The molecule has 0 amide bonds. The molecule has 2 rings (SSSR count). The predicted molar refractivity (Wildman–Crippen MR) is 120 cm³/mol. The number of para-hydroxylation sites is 1. The van der Waals surface area contributed by atoms with E-state index in [4.69, 9.17) is 14.2 Å². The van der Waals surface area contributed by atoms with Crippen LogP contribution >= 0.6 is 0 Å². The third-order valence-electron chi connectivity index (χ3n) is 4.84. The molecule has 2 aromatic rings. The lowest BCUT2D eigenvalue weighted by Crippen LogP contribution is -2.35. The fraction of sp³-hybridized carbons (Fsp3) is 0.480. The number of hydrogen-bond donors (Lipinski definition) is 0. The van der Waals surface area contributed by atoms with Gasteiger partial charge in [0.1, 0.15) is 24.2 Å². The number of rotatable bonds is 13. The van der Waals surface area contributed by atoms with Crippen LogP contribution in [-0.2, 0) is 22.4 Å². The van der Waals surface area contributed by atoms with Crippen molar-refractivity contribution in [2.24, 2.45) is 0 Å². The van der Waals surface area contributed by atoms with Crippen LogP contribution in [-0.4, -0.2) is 51.3 Å². The number of ether oxygens (including phenoxy) is 3. The first-order valence-corrected chi connectivity index (χ1v) is 10.7. The van der Waals surface area contributed by atoms with Crippen LogP contribution in [0.1, 0.15) is 37.3 Å². The van der Waals surface area contributed by atoms with Crippen LogP contribution in [0.25, 0.3) is 0 Å². The molecule has 5 nitrogen and oxygen atoms in total. The van der Waals surface area contributed by atoms with Crippen molar-refractivity contribution in [2.45, 2.75) is 45.1 Å². The molecule has 0 fully saturated rings. The van der Waals surface area contributed by atoms with Crippen LogP contribution < -0.4 is 9.47 Å². The van der Waals surface area contributed by atoms with Crippen molar-refractivity contribution in [1.29, 1.82) is 0 Å². The van der Waals surface area contributed by atoms with E-state index in [0.29, 0.717) is 19.6 Å². The lowest BCUT2D eigenvalue weighted by Gasteiger charge is -2.22. The Morgan fingerprint density at radius 2 is 1.77 bits per heavy atom. The summed E-state index contributed by atoms with van der Waals surface area (Å²) in [6.45, 7) is 3.04. The van der Waals surface area contributed by atoms with E-state index in [1.165, 1.54) is 5.56 Å². The van der Waals surface area contributed by atoms with Crippen molar-refractivity contribution >= 4 is 5.97 Å². The molecule has 0 aliphatic rings. The Kier molecular flexibility index (Phi) is 10.2. The van der Waals surface area contributed by atoms with Gasteiger partial charge in [-0.3, -0.25) is 4.79 Å². The summed E-state index contributed by atoms with van der Waals surface area (Å²) in [4.78, 5) is 14.1. The number of methoxy groups -OCH3 is 1. The topological polar surface area (TPSA) is 48.0 Å². The highest BCUT2D eigenvalue weighted by Gasteiger charge is 2.17. The van der Waals surface area contributed by atoms with Crippen LogP contribution in [0.5, 0.6) is 11.5 Å². The predicted octanol–water partition coefficient (Wildman–Crippen LogP) is 4.52. The van der Waals surface area contributed by atoms with Crippen LogP contribution in [0.4, 0.5) is 0 Å². The van der Waals surface area contributed by atoms with Gasteiger partial charge in [-0.2, -0.15) is 0 Å². The zero-order valence-electron chi connectivity index (χ0n) is 18.7. The van der Waals surface area contributed by atoms with Gasteiger partial charge in [0.05, 0.1) is 7.11 Å². The van der Waals surface area contributed by atoms with E-state index in [0.717, 1.165) is 42.7 Å². The van der Waals surface area contributed by atoms with E-state index in [1.807, 2.05) is 49.3 Å². The van der Waals surface area contributed by atoms with Crippen LogP contribution in [0.2, 0.25) is 0 Å². The van der Waals surface area contributed by atoms with Crippen molar-refractivity contribution in [1.82, 2.24) is 4.90 Å². The van der Waals surface area contributed by atoms with Crippen molar-refractivity contribution in [3.05, 3.63) is 59.7 Å². The third kappa shape index (κ3) is 8.46. The zero-order valence-corrected chi connectivity index (χ0v) is 18.7. The second-order valence-electron chi connectivity index (χ2n) is 7.74. The molecule has 1 unspecified atom stereocenters. The maximum Gasteiger partial charge on any atom is 0.306 e. The van der Waals surface area contributed by atoms with Crippen molar-refractivity contribution < 1.29 is 19.0 Å². The number of likely N-dealkylation sites (N-methyl/N-ethyl adjacent to an activating group) is 1. The lowest BCUT2D eigenvalue weighted by atomic mass is 10.0. The molecule has 5 heteroatoms. The van der Waals surface area contributed by atoms with Gasteiger partial charge >= 0.3 is 5.97 Å². The summed E-state index contributed by atoms with van der Waals surface area (Å²) >= 11 is 0. The molecular formula is C25H35NO4. The molecule has 0 saturated heterocycles. The minimum atomic E-state index is -0.293. The molecule has 0 heterocycles. The van der Waals surface area contributed by atoms with Crippen LogP contribution in [0.3, 0.4) is 0 Å². The maximum absolute atomic E-state index is 12.1. The van der Waals surface area contributed by atoms with E-state index in [2.05, 4.69) is 25.1 Å². The molecule has 0 bridgehead atoms. The number of carbonyl (C=O) groups excluding carboxylic acids is 1. The van der Waals surface area contributed by atoms with Gasteiger partial charge in [-0.25, -0.2) is 0 Å². The van der Waals surface area contributed by atoms with Gasteiger partial charge in [0.15, 0.2) is 0 Å². The van der Waals surface area contributed by atoms with E-state index < -0.39 is 0 Å². The maximum atomic E-state index is 12.1. The number of unbranched alkanes of at least 4 members (excludes halogenated alkanes) is 1. The summed E-state index contributed by atoms with van der Waals surface area (Å²) in [6, 6.07) is 16.2. The Morgan fingerprint density at radius 3 is 2.43 bits per heavy atom. The molecule has 2 aromatic carbocycles. The third-order valence-corrected chi connectivity index (χ3v) is 4.84. The summed E-state index contributed by atoms with van der Waals surface area (Å²) < 4.78 is 17.0. The Balaban J connectivity index is 1.96. The molecule has 1 atom stereocenters. The zero-order chi connectivity index (χ0) is 21.8. The van der Waals surface area contributed by atoms with Gasteiger partial charge in [-0.05, 0) is 62.7 Å². The average molecular weight is 414 g/mol. The van der Waals surface area contributed by atoms with E-state index in [9.17, 15) is 4.79 Å². The van der Waals surface area contributed by atoms with Crippen molar-refractivity contribution in [2.75, 3.05) is 34.4 Å². The highest BCUT2D eigenvalue weighted by Crippen LogP contribution is 2.21. The SMILES string of the molecule is CCCCC(=O)OC(COc1ccccc1CCc1ccc(OC)cc1)CN(C)C. The van der Waals surface area contributed by atoms with E-state index in [1.54, 1.807) is 7.11 Å². The summed E-state index contributed by atoms with van der Waals surface area (Å²) in [5.41, 5.74) is 2.40. The van der Waals surface area contributed by atoms with E-state index >= 15 is 0 Å². The number of carbonyl (C=O) groups is 1. The Labute approximate surface area is 180 Å². The van der Waals surface area contributed by atoms with Crippen LogP contribution in [0, 0.1) is 0 Å². The van der Waals surface area contributed by atoms with Gasteiger partial charge in [0.2, 0.25) is 0 Å². The summed E-state index contributed by atoms with van der Waals surface area (Å²) in [7, 11) is 5.61. The molecule has 0 N–H and O–H groups in total. The highest BCUT2D eigenvalue weighted by atomic mass is 16.6. The standard InChI is InChI=1S/C25H35NO4/c1-5-6-11-25(27)30-23(18-26(2)3)19-29-24-10-8-7-9-21(24)15-12-20-13-16-22(28-4)17-14-20/h7-10,13-14,16-17,23H,5-6,11-12,15,18-19H2,1-4H3. The van der Waals surface area contributed by atoms with Crippen molar-refractivity contribution in [3.8, 4) is 11.5 Å². The first-order valence-electron chi connectivity index (χ1n) is 10.7. The number of aryl methyl sites for hydroxylation is 2. The minimum absolute atomic E-state index is 0.153. The second-order valence-corrected chi connectivity index (χ2v) is 7.74. The summed E-state index contributed by atoms with van der Waals surface area (Å²) in [5, 5.41) is 0. The quantitative estimate of drug-likeness (QED) is 0.452. The number of nitrogens with zero attached hydrogens (tertiary/aromatic N) is 1. The Hall–Kier alpha value is -2.53. The number of benzene rings is 2. The van der Waals surface area contributed by atoms with Crippen LogP contribution in [0.15, 0.2) is 48.5 Å². The molecule has 0 aliphatic carbocycles. The molecule has 0 radical (unpaired) electrons. The van der Waals surface area contributed by atoms with Gasteiger partial charge in [-0.1, -0.05) is 43.7 Å². The monoisotopic (exact) mass is 413 g/mol. The fourth-order valence-corrected chi connectivity index (χ4v) is 3.20. The molecule has 0 saturated carbocycles. The fourth-order valence-electron chi connectivity index (χ4n) is 3.20. The summed E-state index contributed by atoms with van der Waals surface area (Å²) in [6.07, 6.45) is 3.78. The molecule has 164 valence electrons. The lowest BCUT2D eigenvalue weighted by molar-refractivity contribution is -0.151. The van der Waals surface area contributed by atoms with Gasteiger partial charge in [0.25, 0.3) is 0 Å². The normalized spacial score (nSPS) is 11.9. The largest absolute Gasteiger partial charge is 0.497 e. The van der Waals surface area contributed by atoms with Crippen molar-refractivity contribution in [3.63, 3.8) is 0 Å². The summed E-state index contributed by atoms with van der Waals surface area (Å²) in [5.74, 6) is 1.56. The minimum Gasteiger partial charge on any atom is -0.497 e. The second kappa shape index (κ2) is 12.9. The Bertz CT molecular complexity index is 758. The van der Waals surface area contributed by atoms with Gasteiger partial charge < -0.3 is 19.1 Å².